The molecule has 1 amide bonds. The number of fused-ring (bicyclic) bond motifs is 1. The van der Waals surface area contributed by atoms with Crippen LogP contribution in [-0.4, -0.2) is 47.0 Å². The summed E-state index contributed by atoms with van der Waals surface area (Å²) in [6.45, 7) is 11.3. The second-order valence-electron chi connectivity index (χ2n) is 8.09. The molecule has 1 saturated heterocycles. The maximum Gasteiger partial charge on any atom is 0.253 e. The van der Waals surface area contributed by atoms with Gasteiger partial charge in [0, 0.05) is 43.0 Å². The number of benzene rings is 2. The molecule has 0 unspecified atom stereocenters. The highest BCUT2D eigenvalue weighted by Crippen LogP contribution is 2.29. The van der Waals surface area contributed by atoms with Gasteiger partial charge in [-0.25, -0.2) is 9.97 Å². The average molecular weight is 389 g/mol. The lowest BCUT2D eigenvalue weighted by atomic mass is 10.0. The zero-order valence-electron chi connectivity index (χ0n) is 17.6. The Morgan fingerprint density at radius 2 is 1.62 bits per heavy atom. The van der Waals surface area contributed by atoms with E-state index in [9.17, 15) is 4.79 Å². The van der Waals surface area contributed by atoms with Crippen LogP contribution in [0, 0.1) is 13.8 Å². The molecule has 2 aromatic carbocycles. The highest BCUT2D eigenvalue weighted by molar-refractivity contribution is 5.98. The molecule has 1 fully saturated rings. The number of aryl methyl sites for hydroxylation is 2. The fourth-order valence-corrected chi connectivity index (χ4v) is 4.25. The lowest BCUT2D eigenvalue weighted by molar-refractivity contribution is 0.0746. The zero-order valence-corrected chi connectivity index (χ0v) is 17.6. The third-order valence-corrected chi connectivity index (χ3v) is 5.67. The van der Waals surface area contributed by atoms with Crippen LogP contribution >= 0.6 is 0 Å². The Hall–Kier alpha value is -2.95. The summed E-state index contributed by atoms with van der Waals surface area (Å²) in [6.07, 6.45) is 0. The number of anilines is 1. The molecule has 0 N–H and O–H groups in total. The third-order valence-electron chi connectivity index (χ3n) is 5.67. The number of nitrogens with zero attached hydrogens (tertiary/aromatic N) is 4. The number of aromatic nitrogens is 2. The lowest BCUT2D eigenvalue weighted by Crippen LogP contribution is -2.49. The van der Waals surface area contributed by atoms with Crippen LogP contribution < -0.4 is 4.90 Å². The summed E-state index contributed by atoms with van der Waals surface area (Å²) in [6, 6.07) is 14.1. The summed E-state index contributed by atoms with van der Waals surface area (Å²) in [5, 5.41) is 2.26. The molecule has 150 valence electrons. The fourth-order valence-electron chi connectivity index (χ4n) is 4.25. The van der Waals surface area contributed by atoms with E-state index in [-0.39, 0.29) is 5.91 Å². The van der Waals surface area contributed by atoms with Gasteiger partial charge in [0.05, 0.1) is 0 Å². The van der Waals surface area contributed by atoms with Crippen molar-refractivity contribution in [2.75, 3.05) is 31.1 Å². The van der Waals surface area contributed by atoms with Gasteiger partial charge in [0.25, 0.3) is 5.91 Å². The summed E-state index contributed by atoms with van der Waals surface area (Å²) in [7, 11) is 0. The molecule has 2 heterocycles. The summed E-state index contributed by atoms with van der Waals surface area (Å²) >= 11 is 0. The number of piperazine rings is 1. The predicted octanol–water partition coefficient (Wildman–Crippen LogP) is 4.33. The topological polar surface area (TPSA) is 49.3 Å². The van der Waals surface area contributed by atoms with Crippen molar-refractivity contribution in [2.24, 2.45) is 0 Å². The summed E-state index contributed by atoms with van der Waals surface area (Å²) in [5.41, 5.74) is 3.02. The number of rotatable bonds is 3. The molecule has 0 spiro atoms. The van der Waals surface area contributed by atoms with Crippen molar-refractivity contribution >= 4 is 22.5 Å². The van der Waals surface area contributed by atoms with Gasteiger partial charge in [-0.1, -0.05) is 44.2 Å². The van der Waals surface area contributed by atoms with E-state index >= 15 is 0 Å². The van der Waals surface area contributed by atoms with Gasteiger partial charge in [-0.3, -0.25) is 4.79 Å². The molecule has 4 rings (SSSR count). The van der Waals surface area contributed by atoms with E-state index in [0.717, 1.165) is 46.8 Å². The SMILES string of the molecule is Cc1nc(C)c(C(C)C)c(N2CCN(C(=O)c3ccc4ccccc4c3)CC2)n1. The Balaban J connectivity index is 1.51. The van der Waals surface area contributed by atoms with Gasteiger partial charge in [-0.2, -0.15) is 0 Å². The summed E-state index contributed by atoms with van der Waals surface area (Å²) in [5.74, 6) is 2.30. The number of hydrogen-bond donors (Lipinski definition) is 0. The van der Waals surface area contributed by atoms with Crippen molar-refractivity contribution in [3.8, 4) is 0 Å². The smallest absolute Gasteiger partial charge is 0.253 e. The minimum atomic E-state index is 0.106. The second-order valence-corrected chi connectivity index (χ2v) is 8.09. The fraction of sp³-hybridized carbons (Fsp3) is 0.375. The molecule has 0 saturated carbocycles. The van der Waals surface area contributed by atoms with Crippen molar-refractivity contribution in [1.82, 2.24) is 14.9 Å². The van der Waals surface area contributed by atoms with E-state index in [1.165, 1.54) is 5.56 Å². The van der Waals surface area contributed by atoms with Crippen LogP contribution in [0.1, 0.15) is 47.2 Å². The molecule has 0 radical (unpaired) electrons. The Morgan fingerprint density at radius 3 is 2.31 bits per heavy atom. The first-order valence-corrected chi connectivity index (χ1v) is 10.3. The number of amides is 1. The van der Waals surface area contributed by atoms with Crippen molar-refractivity contribution in [2.45, 2.75) is 33.6 Å². The van der Waals surface area contributed by atoms with E-state index in [2.05, 4.69) is 42.8 Å². The normalized spacial score (nSPS) is 14.7. The molecule has 1 aliphatic rings. The van der Waals surface area contributed by atoms with Crippen LogP contribution in [0.15, 0.2) is 42.5 Å². The van der Waals surface area contributed by atoms with Crippen LogP contribution in [0.4, 0.5) is 5.82 Å². The molecular weight excluding hydrogens is 360 g/mol. The van der Waals surface area contributed by atoms with Crippen LogP contribution in [0.3, 0.4) is 0 Å². The van der Waals surface area contributed by atoms with E-state index in [1.807, 2.05) is 42.2 Å². The maximum atomic E-state index is 13.1. The quantitative estimate of drug-likeness (QED) is 0.670. The summed E-state index contributed by atoms with van der Waals surface area (Å²) in [4.78, 5) is 26.6. The van der Waals surface area contributed by atoms with Crippen molar-refractivity contribution in [3.05, 3.63) is 65.1 Å². The first-order chi connectivity index (χ1) is 13.9. The van der Waals surface area contributed by atoms with Crippen LogP contribution in [0.5, 0.6) is 0 Å². The number of carbonyl (C=O) groups is 1. The van der Waals surface area contributed by atoms with Gasteiger partial charge in [0.2, 0.25) is 0 Å². The van der Waals surface area contributed by atoms with Crippen molar-refractivity contribution in [3.63, 3.8) is 0 Å². The van der Waals surface area contributed by atoms with Gasteiger partial charge < -0.3 is 9.80 Å². The van der Waals surface area contributed by atoms with Crippen LogP contribution in [0.2, 0.25) is 0 Å². The van der Waals surface area contributed by atoms with E-state index < -0.39 is 0 Å². The largest absolute Gasteiger partial charge is 0.353 e. The highest BCUT2D eigenvalue weighted by atomic mass is 16.2. The van der Waals surface area contributed by atoms with E-state index in [0.29, 0.717) is 19.0 Å². The molecule has 1 aromatic heterocycles. The summed E-state index contributed by atoms with van der Waals surface area (Å²) < 4.78 is 0. The first-order valence-electron chi connectivity index (χ1n) is 10.3. The second kappa shape index (κ2) is 7.82. The van der Waals surface area contributed by atoms with Gasteiger partial charge in [0.1, 0.15) is 11.6 Å². The van der Waals surface area contributed by atoms with Crippen LogP contribution in [0.25, 0.3) is 10.8 Å². The Labute approximate surface area is 172 Å². The Morgan fingerprint density at radius 1 is 0.931 bits per heavy atom. The van der Waals surface area contributed by atoms with Gasteiger partial charge in [-0.15, -0.1) is 0 Å². The molecule has 3 aromatic rings. The molecule has 5 nitrogen and oxygen atoms in total. The minimum Gasteiger partial charge on any atom is -0.353 e. The number of hydrogen-bond acceptors (Lipinski definition) is 4. The van der Waals surface area contributed by atoms with Crippen molar-refractivity contribution < 1.29 is 4.79 Å². The van der Waals surface area contributed by atoms with Crippen molar-refractivity contribution in [1.29, 1.82) is 0 Å². The number of carbonyl (C=O) groups excluding carboxylic acids is 1. The molecule has 1 aliphatic heterocycles. The Bertz CT molecular complexity index is 1050. The monoisotopic (exact) mass is 388 g/mol. The first kappa shape index (κ1) is 19.4. The third kappa shape index (κ3) is 3.82. The van der Waals surface area contributed by atoms with Gasteiger partial charge in [-0.05, 0) is 42.7 Å². The molecule has 0 bridgehead atoms. The molecule has 29 heavy (non-hydrogen) atoms. The lowest BCUT2D eigenvalue weighted by Gasteiger charge is -2.37. The predicted molar refractivity (Wildman–Crippen MR) is 118 cm³/mol. The van der Waals surface area contributed by atoms with Gasteiger partial charge in [0.15, 0.2) is 0 Å². The molecule has 0 aliphatic carbocycles. The van der Waals surface area contributed by atoms with Gasteiger partial charge >= 0.3 is 0 Å². The standard InChI is InChI=1S/C24H28N4O/c1-16(2)22-17(3)25-18(4)26-23(22)27-11-13-28(14-12-27)24(29)21-10-9-19-7-5-6-8-20(19)15-21/h5-10,15-16H,11-14H2,1-4H3. The molecule has 5 heteroatoms. The van der Waals surface area contributed by atoms with E-state index in [4.69, 9.17) is 4.98 Å². The molecule has 0 atom stereocenters. The average Bonchev–Trinajstić information content (AvgIpc) is 2.72. The molecular formula is C24H28N4O. The maximum absolute atomic E-state index is 13.1. The minimum absolute atomic E-state index is 0.106. The zero-order chi connectivity index (χ0) is 20.5. The Kier molecular flexibility index (Phi) is 5.22. The van der Waals surface area contributed by atoms with E-state index in [1.54, 1.807) is 0 Å². The van der Waals surface area contributed by atoms with Crippen LogP contribution in [-0.2, 0) is 0 Å². The highest BCUT2D eigenvalue weighted by Gasteiger charge is 2.26.